The molecule has 0 aromatic rings. The van der Waals surface area contributed by atoms with Crippen LogP contribution in [-0.4, -0.2) is 18.9 Å². The van der Waals surface area contributed by atoms with Crippen LogP contribution in [0.5, 0.6) is 0 Å². The lowest BCUT2D eigenvalue weighted by atomic mass is 10.2. The number of hydrogen-bond donors (Lipinski definition) is 1. The zero-order chi connectivity index (χ0) is 7.94. The molecule has 0 spiro atoms. The summed E-state index contributed by atoms with van der Waals surface area (Å²) in [6.07, 6.45) is 6.34. The Bertz CT molecular complexity index is 130. The SMILES string of the molecule is CCCCCNC1=NCCC1. The Balaban J connectivity index is 1.94. The minimum atomic E-state index is 1.04. The van der Waals surface area contributed by atoms with E-state index in [0.717, 1.165) is 13.1 Å². The Morgan fingerprint density at radius 1 is 1.45 bits per heavy atom. The van der Waals surface area contributed by atoms with Crippen LogP contribution < -0.4 is 5.32 Å². The highest BCUT2D eigenvalue weighted by molar-refractivity contribution is 5.83. The monoisotopic (exact) mass is 154 g/mol. The summed E-state index contributed by atoms with van der Waals surface area (Å²) >= 11 is 0. The largest absolute Gasteiger partial charge is 0.374 e. The van der Waals surface area contributed by atoms with Crippen molar-refractivity contribution < 1.29 is 0 Å². The van der Waals surface area contributed by atoms with Crippen molar-refractivity contribution in [1.29, 1.82) is 0 Å². The molecule has 0 aromatic heterocycles. The molecular formula is C9H18N2. The van der Waals surface area contributed by atoms with Gasteiger partial charge in [-0.05, 0) is 12.8 Å². The average Bonchev–Trinajstić information content (AvgIpc) is 2.50. The summed E-state index contributed by atoms with van der Waals surface area (Å²) in [7, 11) is 0. The molecule has 0 aliphatic carbocycles. The van der Waals surface area contributed by atoms with Crippen LogP contribution in [0.25, 0.3) is 0 Å². The zero-order valence-electron chi connectivity index (χ0n) is 7.40. The first-order valence-corrected chi connectivity index (χ1v) is 4.70. The minimum absolute atomic E-state index is 1.04. The molecule has 0 saturated heterocycles. The van der Waals surface area contributed by atoms with Gasteiger partial charge < -0.3 is 5.32 Å². The van der Waals surface area contributed by atoms with Gasteiger partial charge in [0, 0.05) is 19.5 Å². The molecule has 0 radical (unpaired) electrons. The van der Waals surface area contributed by atoms with Gasteiger partial charge in [-0.25, -0.2) is 0 Å². The second-order valence-corrected chi connectivity index (χ2v) is 3.07. The Morgan fingerprint density at radius 3 is 3.00 bits per heavy atom. The molecule has 0 saturated carbocycles. The highest BCUT2D eigenvalue weighted by atomic mass is 15.0. The highest BCUT2D eigenvalue weighted by Crippen LogP contribution is 2.01. The normalized spacial score (nSPS) is 16.6. The van der Waals surface area contributed by atoms with Crippen LogP contribution in [0.1, 0.15) is 39.0 Å². The second kappa shape index (κ2) is 5.16. The first kappa shape index (κ1) is 8.57. The number of rotatable bonds is 4. The number of amidine groups is 1. The number of aliphatic imine (C=N–C) groups is 1. The summed E-state index contributed by atoms with van der Waals surface area (Å²) in [6, 6.07) is 0. The van der Waals surface area contributed by atoms with Crippen LogP contribution in [0.3, 0.4) is 0 Å². The Morgan fingerprint density at radius 2 is 2.36 bits per heavy atom. The van der Waals surface area contributed by atoms with E-state index in [1.807, 2.05) is 0 Å². The van der Waals surface area contributed by atoms with E-state index >= 15 is 0 Å². The van der Waals surface area contributed by atoms with Crippen molar-refractivity contribution in [1.82, 2.24) is 5.32 Å². The molecular weight excluding hydrogens is 136 g/mol. The van der Waals surface area contributed by atoms with E-state index in [0.29, 0.717) is 0 Å². The third-order valence-corrected chi connectivity index (χ3v) is 1.98. The maximum absolute atomic E-state index is 4.34. The maximum atomic E-state index is 4.34. The van der Waals surface area contributed by atoms with Crippen molar-refractivity contribution >= 4 is 5.84 Å². The summed E-state index contributed by atoms with van der Waals surface area (Å²) in [5.41, 5.74) is 0. The lowest BCUT2D eigenvalue weighted by molar-refractivity contribution is 0.693. The van der Waals surface area contributed by atoms with Gasteiger partial charge in [-0.1, -0.05) is 19.8 Å². The van der Waals surface area contributed by atoms with Crippen LogP contribution in [0.15, 0.2) is 4.99 Å². The van der Waals surface area contributed by atoms with E-state index in [4.69, 9.17) is 0 Å². The molecule has 11 heavy (non-hydrogen) atoms. The van der Waals surface area contributed by atoms with Gasteiger partial charge in [0.05, 0.1) is 5.84 Å². The first-order valence-electron chi connectivity index (χ1n) is 4.70. The van der Waals surface area contributed by atoms with Gasteiger partial charge in [0.15, 0.2) is 0 Å². The van der Waals surface area contributed by atoms with Crippen LogP contribution in [0, 0.1) is 0 Å². The fourth-order valence-corrected chi connectivity index (χ4v) is 1.29. The molecule has 0 atom stereocenters. The van der Waals surface area contributed by atoms with E-state index < -0.39 is 0 Å². The molecule has 1 aliphatic heterocycles. The molecule has 1 aliphatic rings. The van der Waals surface area contributed by atoms with Gasteiger partial charge in [-0.15, -0.1) is 0 Å². The summed E-state index contributed by atoms with van der Waals surface area (Å²) in [4.78, 5) is 4.34. The van der Waals surface area contributed by atoms with Crippen molar-refractivity contribution in [2.45, 2.75) is 39.0 Å². The number of nitrogens with one attached hydrogen (secondary N) is 1. The average molecular weight is 154 g/mol. The fraction of sp³-hybridized carbons (Fsp3) is 0.889. The van der Waals surface area contributed by atoms with E-state index in [2.05, 4.69) is 17.2 Å². The fourth-order valence-electron chi connectivity index (χ4n) is 1.29. The standard InChI is InChI=1S/C9H18N2/c1-2-3-4-7-10-9-6-5-8-11-9/h2-8H2,1H3,(H,10,11). The molecule has 0 amide bonds. The summed E-state index contributed by atoms with van der Waals surface area (Å²) in [5, 5.41) is 3.37. The molecule has 0 bridgehead atoms. The van der Waals surface area contributed by atoms with Crippen molar-refractivity contribution in [3.05, 3.63) is 0 Å². The first-order chi connectivity index (χ1) is 5.43. The van der Waals surface area contributed by atoms with Crippen molar-refractivity contribution in [3.8, 4) is 0 Å². The maximum Gasteiger partial charge on any atom is 0.0963 e. The lowest BCUT2D eigenvalue weighted by Gasteiger charge is -2.03. The number of unbranched alkanes of at least 4 members (excludes halogenated alkanes) is 2. The van der Waals surface area contributed by atoms with Crippen LogP contribution in [0.2, 0.25) is 0 Å². The smallest absolute Gasteiger partial charge is 0.0963 e. The predicted octanol–water partition coefficient (Wildman–Crippen LogP) is 1.96. The van der Waals surface area contributed by atoms with Gasteiger partial charge in [-0.3, -0.25) is 4.99 Å². The third kappa shape index (κ3) is 3.40. The molecule has 64 valence electrons. The van der Waals surface area contributed by atoms with E-state index in [9.17, 15) is 0 Å². The highest BCUT2D eigenvalue weighted by Gasteiger charge is 2.03. The Kier molecular flexibility index (Phi) is 4.02. The summed E-state index contributed by atoms with van der Waals surface area (Å²) in [5.74, 6) is 1.24. The molecule has 0 fully saturated rings. The summed E-state index contributed by atoms with van der Waals surface area (Å²) < 4.78 is 0. The number of nitrogens with zero attached hydrogens (tertiary/aromatic N) is 1. The summed E-state index contributed by atoms with van der Waals surface area (Å²) in [6.45, 7) is 4.38. The Hall–Kier alpha value is -0.530. The lowest BCUT2D eigenvalue weighted by Crippen LogP contribution is -2.22. The molecule has 0 unspecified atom stereocenters. The molecule has 2 nitrogen and oxygen atoms in total. The van der Waals surface area contributed by atoms with Gasteiger partial charge in [0.2, 0.25) is 0 Å². The van der Waals surface area contributed by atoms with Crippen molar-refractivity contribution in [2.75, 3.05) is 13.1 Å². The molecule has 1 heterocycles. The number of hydrogen-bond acceptors (Lipinski definition) is 2. The topological polar surface area (TPSA) is 24.4 Å². The molecule has 1 N–H and O–H groups in total. The van der Waals surface area contributed by atoms with E-state index in [1.165, 1.54) is 37.9 Å². The van der Waals surface area contributed by atoms with Crippen LogP contribution in [-0.2, 0) is 0 Å². The van der Waals surface area contributed by atoms with Gasteiger partial charge >= 0.3 is 0 Å². The predicted molar refractivity (Wildman–Crippen MR) is 49.1 cm³/mol. The second-order valence-electron chi connectivity index (χ2n) is 3.07. The van der Waals surface area contributed by atoms with E-state index in [-0.39, 0.29) is 0 Å². The molecule has 0 aromatic carbocycles. The van der Waals surface area contributed by atoms with Gasteiger partial charge in [0.1, 0.15) is 0 Å². The van der Waals surface area contributed by atoms with Crippen molar-refractivity contribution in [2.24, 2.45) is 4.99 Å². The Labute approximate surface area is 69.1 Å². The van der Waals surface area contributed by atoms with Crippen LogP contribution in [0.4, 0.5) is 0 Å². The van der Waals surface area contributed by atoms with Crippen molar-refractivity contribution in [3.63, 3.8) is 0 Å². The zero-order valence-corrected chi connectivity index (χ0v) is 7.40. The third-order valence-electron chi connectivity index (χ3n) is 1.98. The van der Waals surface area contributed by atoms with Crippen LogP contribution >= 0.6 is 0 Å². The minimum Gasteiger partial charge on any atom is -0.374 e. The van der Waals surface area contributed by atoms with Gasteiger partial charge in [0.25, 0.3) is 0 Å². The van der Waals surface area contributed by atoms with E-state index in [1.54, 1.807) is 0 Å². The molecule has 1 rings (SSSR count). The molecule has 2 heteroatoms. The quantitative estimate of drug-likeness (QED) is 0.615. The van der Waals surface area contributed by atoms with Gasteiger partial charge in [-0.2, -0.15) is 0 Å².